The van der Waals surface area contributed by atoms with Crippen molar-refractivity contribution in [2.75, 3.05) is 32.8 Å². The summed E-state index contributed by atoms with van der Waals surface area (Å²) in [5, 5.41) is 24.5. The van der Waals surface area contributed by atoms with E-state index in [1.165, 1.54) is 12.4 Å². The number of fused-ring (bicyclic) bond motifs is 1. The monoisotopic (exact) mass is 624 g/mol. The number of aliphatic hydroxyl groups excluding tert-OH is 1. The molecule has 12 nitrogen and oxygen atoms in total. The highest BCUT2D eigenvalue weighted by Crippen LogP contribution is 2.39. The topological polar surface area (TPSA) is 145 Å². The van der Waals surface area contributed by atoms with E-state index in [0.717, 1.165) is 35.1 Å². The lowest BCUT2D eigenvalue weighted by Gasteiger charge is -2.53. The molecule has 4 aromatic rings. The number of nitrogens with zero attached hydrogens (tertiary/aromatic N) is 9. The van der Waals surface area contributed by atoms with Crippen LogP contribution in [-0.2, 0) is 18.3 Å². The number of H-pyrrole nitrogens is 1. The van der Waals surface area contributed by atoms with Gasteiger partial charge < -0.3 is 14.8 Å². The first-order valence-corrected chi connectivity index (χ1v) is 15.1. The van der Waals surface area contributed by atoms with Crippen LogP contribution >= 0.6 is 0 Å². The molecule has 1 saturated carbocycles. The fourth-order valence-corrected chi connectivity index (χ4v) is 6.42. The van der Waals surface area contributed by atoms with E-state index in [9.17, 15) is 23.5 Å². The molecular formula is C30H35F3N10O2. The molecule has 5 heterocycles. The first kappa shape index (κ1) is 30.9. The number of halogens is 3. The fourth-order valence-electron chi connectivity index (χ4n) is 6.42. The summed E-state index contributed by atoms with van der Waals surface area (Å²) in [6.07, 6.45) is 5.37. The van der Waals surface area contributed by atoms with E-state index in [2.05, 4.69) is 41.0 Å². The van der Waals surface area contributed by atoms with Crippen molar-refractivity contribution in [1.29, 1.82) is 5.26 Å². The number of alkyl halides is 3. The Bertz CT molecular complexity index is 1650. The number of aliphatic hydroxyl groups is 1. The van der Waals surface area contributed by atoms with E-state index >= 15 is 0 Å². The van der Waals surface area contributed by atoms with E-state index in [4.69, 9.17) is 4.74 Å². The van der Waals surface area contributed by atoms with Crippen LogP contribution in [0.2, 0.25) is 0 Å². The summed E-state index contributed by atoms with van der Waals surface area (Å²) < 4.78 is 48.6. The Morgan fingerprint density at radius 2 is 2.00 bits per heavy atom. The van der Waals surface area contributed by atoms with Crippen molar-refractivity contribution in [2.45, 2.75) is 69.4 Å². The molecule has 0 spiro atoms. The van der Waals surface area contributed by atoms with E-state index in [0.29, 0.717) is 45.4 Å². The molecule has 0 aromatic carbocycles. The number of aromatic nitrogens is 7. The molecule has 0 amide bonds. The van der Waals surface area contributed by atoms with Gasteiger partial charge in [-0.25, -0.2) is 15.0 Å². The van der Waals surface area contributed by atoms with Crippen LogP contribution in [0.4, 0.5) is 13.2 Å². The normalized spacial score (nSPS) is 20.3. The SMILES string of the molecule is CCN(CCO)Cc1cc(O[C@H]2CC[C@@H](N3CC(CC#N)(n4cc(-c5ncnc6[nH]ccc56)cn4)C3)CC2)nc(C(F)(F)F)n1. The minimum atomic E-state index is -4.70. The summed E-state index contributed by atoms with van der Waals surface area (Å²) in [7, 11) is 0. The number of aromatic amines is 1. The molecule has 15 heteroatoms. The maximum Gasteiger partial charge on any atom is 0.451 e. The zero-order valence-corrected chi connectivity index (χ0v) is 24.9. The van der Waals surface area contributed by atoms with Crippen molar-refractivity contribution >= 4 is 11.0 Å². The molecule has 4 aromatic heterocycles. The molecule has 0 bridgehead atoms. The van der Waals surface area contributed by atoms with Crippen molar-refractivity contribution in [3.05, 3.63) is 48.6 Å². The molecule has 1 aliphatic carbocycles. The van der Waals surface area contributed by atoms with E-state index < -0.39 is 17.5 Å². The molecular weight excluding hydrogens is 589 g/mol. The van der Waals surface area contributed by atoms with Gasteiger partial charge in [-0.3, -0.25) is 14.5 Å². The molecule has 6 rings (SSSR count). The van der Waals surface area contributed by atoms with Crippen LogP contribution < -0.4 is 4.74 Å². The Hall–Kier alpha value is -4.13. The van der Waals surface area contributed by atoms with Crippen molar-refractivity contribution in [2.24, 2.45) is 0 Å². The lowest BCUT2D eigenvalue weighted by atomic mass is 9.82. The Balaban J connectivity index is 1.08. The first-order chi connectivity index (χ1) is 21.7. The summed E-state index contributed by atoms with van der Waals surface area (Å²) >= 11 is 0. The molecule has 1 saturated heterocycles. The van der Waals surface area contributed by atoms with Gasteiger partial charge in [0.2, 0.25) is 11.7 Å². The maximum absolute atomic E-state index is 13.6. The summed E-state index contributed by atoms with van der Waals surface area (Å²) in [4.78, 5) is 23.4. The number of ether oxygens (including phenoxy) is 1. The van der Waals surface area contributed by atoms with E-state index in [1.807, 2.05) is 30.1 Å². The van der Waals surface area contributed by atoms with Crippen LogP contribution in [0.15, 0.2) is 37.1 Å². The minimum Gasteiger partial charge on any atom is -0.474 e. The smallest absolute Gasteiger partial charge is 0.451 e. The molecule has 2 fully saturated rings. The Morgan fingerprint density at radius 1 is 1.20 bits per heavy atom. The predicted octanol–water partition coefficient (Wildman–Crippen LogP) is 3.76. The molecule has 0 atom stereocenters. The fraction of sp³-hybridized carbons (Fsp3) is 0.533. The Labute approximate surface area is 257 Å². The number of hydrogen-bond acceptors (Lipinski definition) is 10. The van der Waals surface area contributed by atoms with Crippen molar-refractivity contribution in [1.82, 2.24) is 44.5 Å². The summed E-state index contributed by atoms with van der Waals surface area (Å²) in [6, 6.07) is 6.01. The predicted molar refractivity (Wildman–Crippen MR) is 157 cm³/mol. The zero-order valence-electron chi connectivity index (χ0n) is 24.9. The van der Waals surface area contributed by atoms with Gasteiger partial charge >= 0.3 is 6.18 Å². The Kier molecular flexibility index (Phi) is 8.71. The van der Waals surface area contributed by atoms with Gasteiger partial charge in [-0.1, -0.05) is 6.92 Å². The van der Waals surface area contributed by atoms with Crippen LogP contribution in [0.5, 0.6) is 5.88 Å². The third-order valence-corrected chi connectivity index (χ3v) is 8.80. The quantitative estimate of drug-likeness (QED) is 0.253. The minimum absolute atomic E-state index is 0.0806. The van der Waals surface area contributed by atoms with Crippen LogP contribution in [0.1, 0.15) is 50.5 Å². The van der Waals surface area contributed by atoms with Crippen LogP contribution in [0, 0.1) is 11.3 Å². The lowest BCUT2D eigenvalue weighted by Crippen LogP contribution is -2.65. The summed E-state index contributed by atoms with van der Waals surface area (Å²) in [5.41, 5.74) is 2.13. The van der Waals surface area contributed by atoms with Crippen molar-refractivity contribution in [3.8, 4) is 23.2 Å². The van der Waals surface area contributed by atoms with Gasteiger partial charge in [0.25, 0.3) is 0 Å². The van der Waals surface area contributed by atoms with Gasteiger partial charge in [-0.2, -0.15) is 28.5 Å². The van der Waals surface area contributed by atoms with Crippen molar-refractivity contribution < 1.29 is 23.0 Å². The highest BCUT2D eigenvalue weighted by Gasteiger charge is 2.48. The largest absolute Gasteiger partial charge is 0.474 e. The molecule has 2 N–H and O–H groups in total. The highest BCUT2D eigenvalue weighted by atomic mass is 19.4. The molecule has 2 aliphatic rings. The maximum atomic E-state index is 13.6. The number of likely N-dealkylation sites (N-methyl/N-ethyl adjacent to an activating group) is 1. The zero-order chi connectivity index (χ0) is 31.6. The van der Waals surface area contributed by atoms with Gasteiger partial charge in [0, 0.05) is 61.6 Å². The van der Waals surface area contributed by atoms with E-state index in [-0.39, 0.29) is 36.9 Å². The number of nitrogens with one attached hydrogen (secondary N) is 1. The molecule has 238 valence electrons. The standard InChI is InChI=1S/C30H35F3N10O2/c1-2-41(11-12-44)16-21-13-25(40-28(39-21)30(31,32)33)45-23-5-3-22(4-6-23)42-17-29(18-42,8-9-34)43-15-20(14-38-43)26-24-7-10-35-27(24)37-19-36-26/h7,10,13-15,19,22-23,44H,2-6,8,11-12,16-18H2,1H3,(H,35,36,37)/t22-,23+. The molecule has 45 heavy (non-hydrogen) atoms. The average Bonchev–Trinajstić information content (AvgIpc) is 3.69. The van der Waals surface area contributed by atoms with Crippen LogP contribution in [0.3, 0.4) is 0 Å². The summed E-state index contributed by atoms with van der Waals surface area (Å²) in [6.45, 7) is 4.15. The average molecular weight is 625 g/mol. The van der Waals surface area contributed by atoms with Gasteiger partial charge in [0.15, 0.2) is 0 Å². The van der Waals surface area contributed by atoms with Gasteiger partial charge in [0.1, 0.15) is 23.6 Å². The number of hydrogen-bond donors (Lipinski definition) is 2. The van der Waals surface area contributed by atoms with Crippen LogP contribution in [0.25, 0.3) is 22.3 Å². The van der Waals surface area contributed by atoms with Gasteiger partial charge in [-0.15, -0.1) is 0 Å². The third-order valence-electron chi connectivity index (χ3n) is 8.80. The lowest BCUT2D eigenvalue weighted by molar-refractivity contribution is -0.145. The third kappa shape index (κ3) is 6.49. The highest BCUT2D eigenvalue weighted by molar-refractivity contribution is 5.90. The number of nitriles is 1. The van der Waals surface area contributed by atoms with E-state index in [1.54, 1.807) is 11.1 Å². The molecule has 1 aliphatic heterocycles. The second-order valence-corrected chi connectivity index (χ2v) is 11.8. The first-order valence-electron chi connectivity index (χ1n) is 15.1. The van der Waals surface area contributed by atoms with Gasteiger partial charge in [-0.05, 0) is 38.3 Å². The van der Waals surface area contributed by atoms with Crippen molar-refractivity contribution in [3.63, 3.8) is 0 Å². The second kappa shape index (κ2) is 12.7. The number of rotatable bonds is 11. The van der Waals surface area contributed by atoms with Crippen LogP contribution in [-0.4, -0.2) is 94.5 Å². The Morgan fingerprint density at radius 3 is 2.71 bits per heavy atom. The molecule has 0 unspecified atom stereocenters. The van der Waals surface area contributed by atoms with Gasteiger partial charge in [0.05, 0.1) is 36.7 Å². The molecule has 0 radical (unpaired) electrons. The second-order valence-electron chi connectivity index (χ2n) is 11.8. The number of likely N-dealkylation sites (tertiary alicyclic amines) is 1. The summed E-state index contributed by atoms with van der Waals surface area (Å²) in [5.74, 6) is -1.31.